The van der Waals surface area contributed by atoms with E-state index in [1.807, 2.05) is 11.8 Å². The molecule has 0 aromatic rings. The zero-order chi connectivity index (χ0) is 61.6. The molecule has 0 bridgehead atoms. The number of thioether (sulfide) groups is 3. The van der Waals surface area contributed by atoms with Gasteiger partial charge in [-0.05, 0) is 54.3 Å². The van der Waals surface area contributed by atoms with Crippen LogP contribution < -0.4 is 5.73 Å². The Morgan fingerprint density at radius 1 is 0.365 bits per heavy atom. The molecule has 0 rings (SSSR count). The summed E-state index contributed by atoms with van der Waals surface area (Å²) in [5.41, 5.74) is 5.36. The van der Waals surface area contributed by atoms with Crippen molar-refractivity contribution in [3.63, 3.8) is 0 Å². The molecule has 4 N–H and O–H groups in total. The van der Waals surface area contributed by atoms with Gasteiger partial charge in [-0.2, -0.15) is 43.7 Å². The van der Waals surface area contributed by atoms with Gasteiger partial charge < -0.3 is 25.1 Å². The molecule has 0 heterocycles. The molecule has 13 heteroatoms. The molecule has 0 aliphatic carbocycles. The number of hydrogen-bond acceptors (Lipinski definition) is 10. The van der Waals surface area contributed by atoms with Gasteiger partial charge in [0, 0.05) is 63.4 Å². The molecule has 0 radical (unpaired) electrons. The maximum absolute atomic E-state index is 10.4. The van der Waals surface area contributed by atoms with Crippen LogP contribution in [0.2, 0.25) is 0 Å². The van der Waals surface area contributed by atoms with Gasteiger partial charge in [-0.15, -0.1) is 0 Å². The van der Waals surface area contributed by atoms with Crippen LogP contribution in [0.15, 0.2) is 0 Å². The Morgan fingerprint density at radius 3 is 0.694 bits per heavy atom. The van der Waals surface area contributed by atoms with E-state index >= 15 is 0 Å². The predicted molar refractivity (Wildman–Crippen MR) is 430 cm³/mol. The fourth-order valence-electron chi connectivity index (χ4n) is 2.46. The van der Waals surface area contributed by atoms with Crippen LogP contribution in [0, 0.1) is 17.8 Å². The third kappa shape index (κ3) is 548. The third-order valence-corrected chi connectivity index (χ3v) is 8.51. The van der Waals surface area contributed by atoms with Gasteiger partial charge in [-0.25, -0.2) is 0 Å². The standard InChI is InChI=1S/C10H20O3S.C9H21NOS.C9H20O4S2.11C3H8.11CH4/c1-9(2)8-13-5-3-6-14-7-4-10(11)12;1-9(2)8-11-5-3-6-12-7-4-10;1-9(2)8-13-4-3-5-14-6-7-15(10,11)12;11*1-3-2;;;;;;;;;;;/h9H,3-8H2,1-2H3,(H,11,12);9H,3-8,10H2,1-2H3;9H,3-8H2,1-2H3,(H,10,11,12);11*3H2,1-2H3;11*1H4. The largest absolute Gasteiger partial charge is 0.481 e. The molecular weight excluding hydrogens is 1140 g/mol. The fourth-order valence-corrected chi connectivity index (χ4v) is 5.84. The van der Waals surface area contributed by atoms with E-state index in [1.165, 1.54) is 88.1 Å². The van der Waals surface area contributed by atoms with E-state index in [4.69, 9.17) is 29.6 Å². The van der Waals surface area contributed by atoms with Crippen molar-refractivity contribution in [3.8, 4) is 0 Å². The molecule has 9 nitrogen and oxygen atoms in total. The highest BCUT2D eigenvalue weighted by Crippen LogP contribution is 2.06. The SMILES string of the molecule is C.C.C.C.C.C.C.C.C.C.C.CC(C)COCCCSCCC(=O)O.CC(C)COCCCSCCN.CC(C)COCCCSCCS(=O)(=O)O.CCC.CCC.CCC.CCC.CCC.CCC.CCC.CCC.CCC.CCC.CCC. The molecule has 0 saturated heterocycles. The highest BCUT2D eigenvalue weighted by Gasteiger charge is 2.03. The van der Waals surface area contributed by atoms with E-state index in [0.717, 1.165) is 82.7 Å². The highest BCUT2D eigenvalue weighted by molar-refractivity contribution is 8.00. The maximum Gasteiger partial charge on any atom is 0.304 e. The summed E-state index contributed by atoms with van der Waals surface area (Å²) in [5.74, 6) is 6.19. The molecule has 0 unspecified atom stereocenters. The number of aliphatic carboxylic acids is 1. The molecule has 0 saturated carbocycles. The van der Waals surface area contributed by atoms with Gasteiger partial charge in [-0.3, -0.25) is 9.35 Å². The number of hydrogen-bond donors (Lipinski definition) is 3. The highest BCUT2D eigenvalue weighted by atomic mass is 32.2. The molecule has 558 valence electrons. The molecule has 0 aliphatic heterocycles. The minimum atomic E-state index is -3.78. The van der Waals surface area contributed by atoms with Crippen LogP contribution in [0.1, 0.15) is 372 Å². The summed E-state index contributed by atoms with van der Waals surface area (Å²) in [6.07, 6.45) is 17.1. The van der Waals surface area contributed by atoms with Gasteiger partial charge in [0.15, 0.2) is 0 Å². The lowest BCUT2D eigenvalue weighted by atomic mass is 10.2. The van der Waals surface area contributed by atoms with Crippen LogP contribution in [0.5, 0.6) is 0 Å². The van der Waals surface area contributed by atoms with E-state index < -0.39 is 16.1 Å². The van der Waals surface area contributed by atoms with Crippen molar-refractivity contribution in [2.24, 2.45) is 23.5 Å². The van der Waals surface area contributed by atoms with Crippen LogP contribution in [-0.4, -0.2) is 111 Å². The van der Waals surface area contributed by atoms with Gasteiger partial charge in [-0.1, -0.05) is 346 Å². The van der Waals surface area contributed by atoms with Crippen molar-refractivity contribution in [2.75, 3.05) is 86.5 Å². The Labute approximate surface area is 566 Å². The second-order valence-corrected chi connectivity index (χ2v) is 23.5. The summed E-state index contributed by atoms with van der Waals surface area (Å²) < 4.78 is 45.4. The molecule has 0 amide bonds. The van der Waals surface area contributed by atoms with Crippen molar-refractivity contribution < 1.29 is 37.1 Å². The molecule has 0 aliphatic rings. The lowest BCUT2D eigenvalue weighted by Crippen LogP contribution is -2.07. The monoisotopic (exact) mass is 1330 g/mol. The van der Waals surface area contributed by atoms with E-state index in [9.17, 15) is 13.2 Å². The Balaban J connectivity index is -0.0000000209. The van der Waals surface area contributed by atoms with Crippen LogP contribution in [0.25, 0.3) is 0 Å². The Bertz CT molecular complexity index is 777. The van der Waals surface area contributed by atoms with E-state index in [0.29, 0.717) is 29.3 Å². The number of carboxylic acid groups (broad SMARTS) is 1. The molecule has 0 spiro atoms. The second-order valence-electron chi connectivity index (χ2n) is 18.3. The second kappa shape index (κ2) is 206. The van der Waals surface area contributed by atoms with Crippen LogP contribution in [-0.2, 0) is 29.1 Å². The van der Waals surface area contributed by atoms with Gasteiger partial charge in [0.25, 0.3) is 10.1 Å². The fraction of sp³-hybridized carbons (Fsp3) is 0.986. The predicted octanol–water partition coefficient (Wildman–Crippen LogP) is 28.2. The summed E-state index contributed by atoms with van der Waals surface area (Å²) in [5, 5.41) is 8.38. The summed E-state index contributed by atoms with van der Waals surface area (Å²) >= 11 is 5.11. The third-order valence-electron chi connectivity index (χ3n) is 4.29. The van der Waals surface area contributed by atoms with Crippen LogP contribution in [0.4, 0.5) is 0 Å². The molecular formula is C72H193NO8S4. The van der Waals surface area contributed by atoms with Crippen molar-refractivity contribution >= 4 is 51.4 Å². The molecule has 85 heavy (non-hydrogen) atoms. The maximum atomic E-state index is 10.4. The number of carboxylic acids is 1. The number of nitrogens with two attached hydrogens (primary N) is 1. The first-order valence-electron chi connectivity index (χ1n) is 30.2. The summed E-state index contributed by atoms with van der Waals surface area (Å²) in [6, 6.07) is 0. The van der Waals surface area contributed by atoms with Gasteiger partial charge in [0.2, 0.25) is 0 Å². The van der Waals surface area contributed by atoms with Gasteiger partial charge in [0.05, 0.1) is 12.2 Å². The quantitative estimate of drug-likeness (QED) is 0.0560. The average Bonchev–Trinajstić information content (AvgIpc) is 3.28. The van der Waals surface area contributed by atoms with Gasteiger partial charge >= 0.3 is 5.97 Å². The van der Waals surface area contributed by atoms with Crippen molar-refractivity contribution in [2.45, 2.75) is 372 Å². The average molecular weight is 1330 g/mol. The minimum Gasteiger partial charge on any atom is -0.481 e. The normalized spacial score (nSPS) is 7.82. The lowest BCUT2D eigenvalue weighted by Gasteiger charge is -2.06. The Hall–Kier alpha value is 0.270. The first-order chi connectivity index (χ1) is 34.9. The molecule has 0 fully saturated rings. The first-order valence-corrected chi connectivity index (χ1v) is 35.3. The van der Waals surface area contributed by atoms with Crippen molar-refractivity contribution in [1.29, 1.82) is 0 Å². The summed E-state index contributed by atoms with van der Waals surface area (Å²) in [4.78, 5) is 10.2. The Morgan fingerprint density at radius 2 is 0.541 bits per heavy atom. The first kappa shape index (κ1) is 167. The van der Waals surface area contributed by atoms with E-state index in [-0.39, 0.29) is 93.9 Å². The molecule has 0 aromatic heterocycles. The van der Waals surface area contributed by atoms with E-state index in [2.05, 4.69) is 194 Å². The Kier molecular flexibility index (Phi) is 404. The number of rotatable bonds is 26. The van der Waals surface area contributed by atoms with Crippen LogP contribution >= 0.6 is 35.3 Å². The molecule has 0 atom stereocenters. The lowest BCUT2D eigenvalue weighted by molar-refractivity contribution is -0.136. The molecule has 0 aromatic carbocycles. The summed E-state index contributed by atoms with van der Waals surface area (Å²) in [6.45, 7) is 65.2. The zero-order valence-electron chi connectivity index (χ0n) is 56.3. The summed E-state index contributed by atoms with van der Waals surface area (Å²) in [7, 11) is -3.78. The smallest absolute Gasteiger partial charge is 0.304 e. The number of ether oxygens (including phenoxy) is 3. The number of carbonyl (C=O) groups is 1. The zero-order valence-corrected chi connectivity index (χ0v) is 59.6. The van der Waals surface area contributed by atoms with E-state index in [1.54, 1.807) is 11.8 Å². The van der Waals surface area contributed by atoms with Crippen LogP contribution in [0.3, 0.4) is 0 Å². The van der Waals surface area contributed by atoms with Crippen molar-refractivity contribution in [3.05, 3.63) is 0 Å². The minimum absolute atomic E-state index is 0. The van der Waals surface area contributed by atoms with Gasteiger partial charge in [0.1, 0.15) is 0 Å². The topological polar surface area (TPSA) is 145 Å². The van der Waals surface area contributed by atoms with Crippen molar-refractivity contribution in [1.82, 2.24) is 0 Å².